The minimum Gasteiger partial charge on any atom is -0.398 e. The number of hydrogen-bond acceptors (Lipinski definition) is 4. The van der Waals surface area contributed by atoms with Crippen LogP contribution in [-0.2, 0) is 11.3 Å². The Hall–Kier alpha value is -1.10. The summed E-state index contributed by atoms with van der Waals surface area (Å²) in [5.74, 6) is 0. The molecule has 0 saturated carbocycles. The summed E-state index contributed by atoms with van der Waals surface area (Å²) in [4.78, 5) is 2.48. The second kappa shape index (κ2) is 6.37. The van der Waals surface area contributed by atoms with Gasteiger partial charge in [-0.05, 0) is 25.5 Å². The molecule has 0 aliphatic carbocycles. The van der Waals surface area contributed by atoms with Gasteiger partial charge in [-0.1, -0.05) is 18.2 Å². The molecule has 1 aromatic rings. The van der Waals surface area contributed by atoms with Crippen LogP contribution in [0, 0.1) is 0 Å². The number of benzene rings is 1. The lowest BCUT2D eigenvalue weighted by Gasteiger charge is -2.41. The molecule has 4 heteroatoms. The van der Waals surface area contributed by atoms with E-state index in [2.05, 4.69) is 30.1 Å². The monoisotopic (exact) mass is 263 g/mol. The van der Waals surface area contributed by atoms with E-state index in [1.165, 1.54) is 5.56 Å². The summed E-state index contributed by atoms with van der Waals surface area (Å²) in [6.45, 7) is 10.0. The van der Waals surface area contributed by atoms with Gasteiger partial charge >= 0.3 is 0 Å². The number of ether oxygens (including phenoxy) is 1. The number of hydrogen-bond donors (Lipinski definition) is 2. The molecule has 0 atom stereocenters. The van der Waals surface area contributed by atoms with Crippen LogP contribution in [0.4, 0.5) is 5.69 Å². The zero-order valence-corrected chi connectivity index (χ0v) is 12.0. The quantitative estimate of drug-likeness (QED) is 0.790. The van der Waals surface area contributed by atoms with Gasteiger partial charge < -0.3 is 15.8 Å². The Morgan fingerprint density at radius 2 is 1.95 bits per heavy atom. The van der Waals surface area contributed by atoms with E-state index in [1.54, 1.807) is 0 Å². The highest BCUT2D eigenvalue weighted by Gasteiger charge is 2.27. The second-order valence-corrected chi connectivity index (χ2v) is 5.71. The molecule has 1 fully saturated rings. The number of anilines is 1. The minimum absolute atomic E-state index is 0.146. The van der Waals surface area contributed by atoms with Crippen molar-refractivity contribution in [3.05, 3.63) is 29.8 Å². The van der Waals surface area contributed by atoms with Crippen molar-refractivity contribution in [3.8, 4) is 0 Å². The molecule has 0 bridgehead atoms. The lowest BCUT2D eigenvalue weighted by atomic mass is 10.0. The molecule has 0 aromatic heterocycles. The maximum Gasteiger partial charge on any atom is 0.0594 e. The molecular formula is C15H25N3O. The van der Waals surface area contributed by atoms with Crippen molar-refractivity contribution in [1.29, 1.82) is 0 Å². The smallest absolute Gasteiger partial charge is 0.0594 e. The summed E-state index contributed by atoms with van der Waals surface area (Å²) in [7, 11) is 0. The summed E-state index contributed by atoms with van der Waals surface area (Å²) >= 11 is 0. The number of nitrogen functional groups attached to an aromatic ring is 1. The number of nitrogens with one attached hydrogen (secondary N) is 1. The van der Waals surface area contributed by atoms with Gasteiger partial charge in [0.15, 0.2) is 0 Å². The van der Waals surface area contributed by atoms with Gasteiger partial charge in [-0.25, -0.2) is 0 Å². The van der Waals surface area contributed by atoms with Crippen molar-refractivity contribution in [3.63, 3.8) is 0 Å². The largest absolute Gasteiger partial charge is 0.398 e. The predicted octanol–water partition coefficient (Wildman–Crippen LogP) is 1.47. The molecule has 1 aromatic carbocycles. The first-order chi connectivity index (χ1) is 9.09. The Balaban J connectivity index is 1.82. The van der Waals surface area contributed by atoms with Crippen molar-refractivity contribution in [1.82, 2.24) is 10.2 Å². The first-order valence-electron chi connectivity index (χ1n) is 6.96. The van der Waals surface area contributed by atoms with Gasteiger partial charge in [-0.15, -0.1) is 0 Å². The molecule has 1 aliphatic heterocycles. The average Bonchev–Trinajstić information content (AvgIpc) is 2.42. The van der Waals surface area contributed by atoms with Gasteiger partial charge in [0.1, 0.15) is 0 Å². The fourth-order valence-electron chi connectivity index (χ4n) is 2.48. The first kappa shape index (κ1) is 14.3. The molecule has 0 radical (unpaired) electrons. The normalized spacial score (nSPS) is 17.6. The Morgan fingerprint density at radius 3 is 2.63 bits per heavy atom. The third-order valence-electron chi connectivity index (χ3n) is 3.80. The number of nitrogens with zero attached hydrogens (tertiary/aromatic N) is 1. The van der Waals surface area contributed by atoms with Crippen LogP contribution in [0.1, 0.15) is 19.4 Å². The highest BCUT2D eigenvalue weighted by atomic mass is 16.5. The van der Waals surface area contributed by atoms with Gasteiger partial charge in [-0.3, -0.25) is 4.90 Å². The molecule has 1 saturated heterocycles. The van der Waals surface area contributed by atoms with Crippen molar-refractivity contribution in [2.24, 2.45) is 0 Å². The Bertz CT molecular complexity index is 400. The number of para-hydroxylation sites is 1. The van der Waals surface area contributed by atoms with Crippen LogP contribution < -0.4 is 11.1 Å². The van der Waals surface area contributed by atoms with E-state index < -0.39 is 0 Å². The van der Waals surface area contributed by atoms with Crippen molar-refractivity contribution >= 4 is 5.69 Å². The van der Waals surface area contributed by atoms with E-state index in [4.69, 9.17) is 10.5 Å². The average molecular weight is 263 g/mol. The van der Waals surface area contributed by atoms with Crippen molar-refractivity contribution in [2.75, 3.05) is 38.6 Å². The van der Waals surface area contributed by atoms with Crippen LogP contribution in [0.5, 0.6) is 0 Å². The van der Waals surface area contributed by atoms with Crippen LogP contribution in [0.15, 0.2) is 24.3 Å². The highest BCUT2D eigenvalue weighted by molar-refractivity contribution is 5.46. The SMILES string of the molecule is CC(C)(CNCc1ccccc1N)N1CCOCC1. The molecule has 3 N–H and O–H groups in total. The lowest BCUT2D eigenvalue weighted by molar-refractivity contribution is -0.00966. The van der Waals surface area contributed by atoms with Gasteiger partial charge in [-0.2, -0.15) is 0 Å². The van der Waals surface area contributed by atoms with E-state index in [0.29, 0.717) is 0 Å². The minimum atomic E-state index is 0.146. The molecule has 0 unspecified atom stereocenters. The van der Waals surface area contributed by atoms with Gasteiger partial charge in [0, 0.05) is 37.4 Å². The molecular weight excluding hydrogens is 238 g/mol. The van der Waals surface area contributed by atoms with Crippen LogP contribution in [-0.4, -0.2) is 43.3 Å². The number of morpholine rings is 1. The summed E-state index contributed by atoms with van der Waals surface area (Å²) < 4.78 is 5.41. The maximum atomic E-state index is 5.95. The first-order valence-corrected chi connectivity index (χ1v) is 6.96. The van der Waals surface area contributed by atoms with E-state index in [-0.39, 0.29) is 5.54 Å². The Labute approximate surface area is 115 Å². The van der Waals surface area contributed by atoms with Gasteiger partial charge in [0.2, 0.25) is 0 Å². The topological polar surface area (TPSA) is 50.5 Å². The van der Waals surface area contributed by atoms with E-state index in [9.17, 15) is 0 Å². The maximum absolute atomic E-state index is 5.95. The molecule has 19 heavy (non-hydrogen) atoms. The van der Waals surface area contributed by atoms with Crippen LogP contribution in [0.3, 0.4) is 0 Å². The third-order valence-corrected chi connectivity index (χ3v) is 3.80. The zero-order chi connectivity index (χ0) is 13.7. The van der Waals surface area contributed by atoms with E-state index >= 15 is 0 Å². The molecule has 1 aliphatic rings. The molecule has 1 heterocycles. The molecule has 106 valence electrons. The third kappa shape index (κ3) is 3.93. The van der Waals surface area contributed by atoms with Crippen LogP contribution in [0.2, 0.25) is 0 Å². The number of nitrogens with two attached hydrogens (primary N) is 1. The Morgan fingerprint density at radius 1 is 1.26 bits per heavy atom. The fourth-order valence-corrected chi connectivity index (χ4v) is 2.48. The van der Waals surface area contributed by atoms with Gasteiger partial charge in [0.25, 0.3) is 0 Å². The lowest BCUT2D eigenvalue weighted by Crippen LogP contribution is -2.54. The summed E-state index contributed by atoms with van der Waals surface area (Å²) in [6.07, 6.45) is 0. The van der Waals surface area contributed by atoms with E-state index in [1.807, 2.05) is 18.2 Å². The van der Waals surface area contributed by atoms with E-state index in [0.717, 1.165) is 45.1 Å². The fraction of sp³-hybridized carbons (Fsp3) is 0.600. The summed E-state index contributed by atoms with van der Waals surface area (Å²) in [6, 6.07) is 8.02. The van der Waals surface area contributed by atoms with Gasteiger partial charge in [0.05, 0.1) is 13.2 Å². The predicted molar refractivity (Wildman–Crippen MR) is 79.0 cm³/mol. The second-order valence-electron chi connectivity index (χ2n) is 5.71. The number of rotatable bonds is 5. The standard InChI is InChI=1S/C15H25N3O/c1-15(2,18-7-9-19-10-8-18)12-17-11-13-5-3-4-6-14(13)16/h3-6,17H,7-12,16H2,1-2H3. The van der Waals surface area contributed by atoms with Crippen molar-refractivity contribution in [2.45, 2.75) is 25.9 Å². The Kier molecular flexibility index (Phi) is 4.80. The zero-order valence-electron chi connectivity index (χ0n) is 12.0. The molecule has 0 spiro atoms. The molecule has 4 nitrogen and oxygen atoms in total. The summed E-state index contributed by atoms with van der Waals surface area (Å²) in [5, 5.41) is 3.52. The van der Waals surface area contributed by atoms with Crippen molar-refractivity contribution < 1.29 is 4.74 Å². The molecule has 0 amide bonds. The van der Waals surface area contributed by atoms with Crippen LogP contribution >= 0.6 is 0 Å². The summed E-state index contributed by atoms with van der Waals surface area (Å²) in [5.41, 5.74) is 8.12. The highest BCUT2D eigenvalue weighted by Crippen LogP contribution is 2.16. The van der Waals surface area contributed by atoms with Crippen LogP contribution in [0.25, 0.3) is 0 Å². The molecule has 2 rings (SSSR count).